The first-order chi connectivity index (χ1) is 27.0. The Kier molecular flexibility index (Phi) is 7.05. The van der Waals surface area contributed by atoms with Crippen molar-refractivity contribution in [3.8, 4) is 0 Å². The van der Waals surface area contributed by atoms with Crippen molar-refractivity contribution >= 4 is 56.5 Å². The van der Waals surface area contributed by atoms with Crippen LogP contribution in [0.3, 0.4) is 0 Å². The molecule has 4 aliphatic rings. The summed E-state index contributed by atoms with van der Waals surface area (Å²) in [6, 6.07) is 0. The normalized spacial score (nSPS) is 14.8. The maximum absolute atomic E-state index is 5.63. The highest BCUT2D eigenvalue weighted by Gasteiger charge is 2.35. The molecule has 57 heavy (non-hydrogen) atoms. The van der Waals surface area contributed by atoms with Crippen LogP contribution in [0.5, 0.6) is 0 Å². The van der Waals surface area contributed by atoms with Crippen LogP contribution in [0, 0.1) is 111 Å². The lowest BCUT2D eigenvalue weighted by molar-refractivity contribution is 0.711. The molecule has 0 saturated heterocycles. The lowest BCUT2D eigenvalue weighted by Gasteiger charge is -2.16. The molecule has 0 unspecified atom stereocenters. The second-order valence-electron chi connectivity index (χ2n) is 17.0. The fourth-order valence-corrected chi connectivity index (χ4v) is 10.00. The topological polar surface area (TPSA) is 96.0 Å². The van der Waals surface area contributed by atoms with Crippen LogP contribution >= 0.6 is 0 Å². The first-order valence-electron chi connectivity index (χ1n) is 20.0. The van der Waals surface area contributed by atoms with Gasteiger partial charge in [0.2, 0.25) is 0 Å². The van der Waals surface area contributed by atoms with Crippen LogP contribution in [-0.4, -0.2) is 32.7 Å². The summed E-state index contributed by atoms with van der Waals surface area (Å²) in [5, 5.41) is 4.17. The van der Waals surface area contributed by atoms with Crippen LogP contribution < -0.4 is 16.5 Å². The van der Waals surface area contributed by atoms with Crippen LogP contribution in [0.4, 0.5) is 11.6 Å². The molecule has 0 amide bonds. The summed E-state index contributed by atoms with van der Waals surface area (Å²) in [6.07, 6.45) is 0. The zero-order chi connectivity index (χ0) is 40.6. The van der Waals surface area contributed by atoms with Crippen molar-refractivity contribution < 1.29 is 0 Å². The minimum absolute atomic E-state index is 0.662. The standard InChI is InChI=1S/C48H49N9/c1-17-18(2)26(10)34-33(25(17)9)41-49-42(34)52-46-39-31(15)23(7)24(8)32(16)40(39)48-54-44-36-28(12)20(4)19(3)27(11)35(36)43(50-44)53-47-38-30(14)22(6)21(5)29(13)37(38)45(51-41)56(47)55-57(46)48/h55H,1-16H3. The zero-order valence-corrected chi connectivity index (χ0v) is 36.1. The SMILES string of the molecule is Cc1c(C)c(C)c2c(c1C)C1=NC2=Nc2c3c(C)c(C)c(C)c(C)c3c3n2Nn2c(c4c(C)c(C)c(C)c(C)c4c2=NC2=NC(=N3)c3c(C)c(C)c(C)c(C)c32)=N1. The first-order valence-corrected chi connectivity index (χ1v) is 20.0. The van der Waals surface area contributed by atoms with Crippen molar-refractivity contribution in [3.63, 3.8) is 0 Å². The zero-order valence-electron chi connectivity index (χ0n) is 36.1. The molecule has 1 N–H and O–H groups in total. The van der Waals surface area contributed by atoms with Gasteiger partial charge in [-0.15, -0.1) is 0 Å². The molecule has 6 heterocycles. The van der Waals surface area contributed by atoms with Gasteiger partial charge in [0.15, 0.2) is 46.0 Å². The van der Waals surface area contributed by atoms with Crippen molar-refractivity contribution in [3.05, 3.63) is 122 Å². The summed E-state index contributed by atoms with van der Waals surface area (Å²) in [6.45, 7) is 35.3. The van der Waals surface area contributed by atoms with E-state index in [0.29, 0.717) is 23.3 Å². The van der Waals surface area contributed by atoms with Gasteiger partial charge in [0.25, 0.3) is 0 Å². The average molecular weight is 752 g/mol. The predicted octanol–water partition coefficient (Wildman–Crippen LogP) is 9.48. The summed E-state index contributed by atoms with van der Waals surface area (Å²) < 4.78 is 4.13. The molecular weight excluding hydrogens is 703 g/mol. The number of amidine groups is 4. The number of rotatable bonds is 0. The predicted molar refractivity (Wildman–Crippen MR) is 235 cm³/mol. The van der Waals surface area contributed by atoms with E-state index in [0.717, 1.165) is 88.7 Å². The summed E-state index contributed by atoms with van der Waals surface area (Å²) in [5.41, 5.74) is 28.8. The van der Waals surface area contributed by atoms with Crippen molar-refractivity contribution in [2.45, 2.75) is 111 Å². The van der Waals surface area contributed by atoms with Gasteiger partial charge in [-0.25, -0.2) is 44.8 Å². The van der Waals surface area contributed by atoms with E-state index in [4.69, 9.17) is 30.0 Å². The second-order valence-corrected chi connectivity index (χ2v) is 17.0. The highest BCUT2D eigenvalue weighted by Crippen LogP contribution is 2.46. The fourth-order valence-electron chi connectivity index (χ4n) is 10.00. The summed E-state index contributed by atoms with van der Waals surface area (Å²) in [4.78, 5) is 33.3. The third kappa shape index (κ3) is 4.19. The minimum Gasteiger partial charge on any atom is -0.224 e. The smallest absolute Gasteiger partial charge is 0.165 e. The second kappa shape index (κ2) is 11.3. The van der Waals surface area contributed by atoms with Crippen LogP contribution in [0.2, 0.25) is 0 Å². The number of benzene rings is 4. The Morgan fingerprint density at radius 3 is 0.842 bits per heavy atom. The number of aliphatic imine (C=N–C) groups is 4. The van der Waals surface area contributed by atoms with Crippen LogP contribution in [0.25, 0.3) is 21.5 Å². The monoisotopic (exact) mass is 751 g/mol. The van der Waals surface area contributed by atoms with Crippen molar-refractivity contribution in [2.24, 2.45) is 30.0 Å². The Labute approximate surface area is 333 Å². The number of nitrogens with zero attached hydrogens (tertiary/aromatic N) is 8. The highest BCUT2D eigenvalue weighted by atomic mass is 15.7. The summed E-state index contributed by atoms with van der Waals surface area (Å²) in [7, 11) is 0. The summed E-state index contributed by atoms with van der Waals surface area (Å²) >= 11 is 0. The Balaban J connectivity index is 1.55. The molecule has 6 bridgehead atoms. The largest absolute Gasteiger partial charge is 0.224 e. The van der Waals surface area contributed by atoms with E-state index < -0.39 is 0 Å². The highest BCUT2D eigenvalue weighted by molar-refractivity contribution is 6.27. The molecule has 6 aromatic rings. The Bertz CT molecular complexity index is 3080. The molecule has 4 aliphatic heterocycles. The van der Waals surface area contributed by atoms with Crippen molar-refractivity contribution in [1.29, 1.82) is 0 Å². The molecule has 0 saturated carbocycles. The summed E-state index contributed by atoms with van der Waals surface area (Å²) in [5.74, 6) is 4.12. The quantitative estimate of drug-likeness (QED) is 0.165. The van der Waals surface area contributed by atoms with Gasteiger partial charge in [-0.1, -0.05) is 0 Å². The maximum atomic E-state index is 5.63. The van der Waals surface area contributed by atoms with Gasteiger partial charge in [0.05, 0.1) is 0 Å². The van der Waals surface area contributed by atoms with E-state index >= 15 is 0 Å². The minimum atomic E-state index is 0.662. The number of hydrogen-bond acceptors (Lipinski definition) is 7. The third-order valence-corrected chi connectivity index (χ3v) is 14.9. The van der Waals surface area contributed by atoms with Crippen LogP contribution in [0.1, 0.15) is 111 Å². The molecule has 2 aromatic heterocycles. The molecule has 10 rings (SSSR count). The average Bonchev–Trinajstić information content (AvgIpc) is 3.90. The number of nitrogens with one attached hydrogen (secondary N) is 1. The van der Waals surface area contributed by atoms with E-state index in [2.05, 4.69) is 126 Å². The Hall–Kier alpha value is -5.96. The van der Waals surface area contributed by atoms with E-state index in [-0.39, 0.29) is 0 Å². The number of aryl methyl sites for hydroxylation is 4. The molecule has 286 valence electrons. The van der Waals surface area contributed by atoms with Gasteiger partial charge < -0.3 is 0 Å². The van der Waals surface area contributed by atoms with Gasteiger partial charge in [-0.05, 0) is 200 Å². The van der Waals surface area contributed by atoms with E-state index in [1.165, 1.54) is 66.8 Å². The molecule has 0 aliphatic carbocycles. The molecule has 0 radical (unpaired) electrons. The van der Waals surface area contributed by atoms with E-state index in [1.807, 2.05) is 0 Å². The molecule has 9 nitrogen and oxygen atoms in total. The van der Waals surface area contributed by atoms with Gasteiger partial charge in [0, 0.05) is 43.8 Å². The van der Waals surface area contributed by atoms with Crippen LogP contribution in [0.15, 0.2) is 30.0 Å². The third-order valence-electron chi connectivity index (χ3n) is 14.9. The number of fused-ring (bicyclic) bond motifs is 14. The molecule has 0 spiro atoms. The Morgan fingerprint density at radius 1 is 0.263 bits per heavy atom. The van der Waals surface area contributed by atoms with Crippen LogP contribution in [-0.2, 0) is 0 Å². The van der Waals surface area contributed by atoms with Gasteiger partial charge in [-0.2, -0.15) is 0 Å². The van der Waals surface area contributed by atoms with Crippen molar-refractivity contribution in [2.75, 3.05) is 5.53 Å². The van der Waals surface area contributed by atoms with Gasteiger partial charge in [-0.3, -0.25) is 0 Å². The molecule has 9 heteroatoms. The van der Waals surface area contributed by atoms with E-state index in [9.17, 15) is 0 Å². The first kappa shape index (κ1) is 35.5. The molecule has 0 atom stereocenters. The van der Waals surface area contributed by atoms with Gasteiger partial charge >= 0.3 is 0 Å². The van der Waals surface area contributed by atoms with Crippen molar-refractivity contribution in [1.82, 2.24) is 9.35 Å². The molecule has 4 aromatic carbocycles. The maximum Gasteiger partial charge on any atom is 0.165 e. The van der Waals surface area contributed by atoms with E-state index in [1.54, 1.807) is 0 Å². The Morgan fingerprint density at radius 2 is 0.526 bits per heavy atom. The molecular formula is C48H49N9. The fraction of sp³-hybridized carbons (Fsp3) is 0.333. The lowest BCUT2D eigenvalue weighted by atomic mass is 9.89. The number of aromatic nitrogens is 2. The van der Waals surface area contributed by atoms with Gasteiger partial charge in [0.1, 0.15) is 0 Å². The molecule has 0 fully saturated rings. The number of hydrogen-bond donors (Lipinski definition) is 1. The lowest BCUT2D eigenvalue weighted by Crippen LogP contribution is -2.39.